The van der Waals surface area contributed by atoms with Gasteiger partial charge in [0.05, 0.1) is 31.9 Å². The minimum atomic E-state index is -4.33. The zero-order valence-electron chi connectivity index (χ0n) is 15.4. The van der Waals surface area contributed by atoms with E-state index in [0.29, 0.717) is 18.1 Å². The summed E-state index contributed by atoms with van der Waals surface area (Å²) >= 11 is 1.84. The summed E-state index contributed by atoms with van der Waals surface area (Å²) in [6, 6.07) is 0.256. The lowest BCUT2D eigenvalue weighted by molar-refractivity contribution is -0.121. The molecule has 28 heavy (non-hydrogen) atoms. The Morgan fingerprint density at radius 1 is 1.36 bits per heavy atom. The van der Waals surface area contributed by atoms with Crippen LogP contribution in [0.15, 0.2) is 0 Å². The highest BCUT2D eigenvalue weighted by Crippen LogP contribution is 2.42. The molecule has 0 aliphatic carbocycles. The number of thioether (sulfide) groups is 1. The fraction of sp³-hybridized carbons (Fsp3) is 0.867. The van der Waals surface area contributed by atoms with Crippen LogP contribution in [0, 0.1) is 0 Å². The largest absolute Gasteiger partial charge is 0.472 e. The normalized spacial score (nSPS) is 26.8. The summed E-state index contributed by atoms with van der Waals surface area (Å²) in [4.78, 5) is 32.5. The van der Waals surface area contributed by atoms with Crippen LogP contribution >= 0.6 is 19.6 Å². The van der Waals surface area contributed by atoms with E-state index in [0.717, 1.165) is 18.6 Å². The summed E-state index contributed by atoms with van der Waals surface area (Å²) in [5.74, 6) is 0.729. The van der Waals surface area contributed by atoms with Crippen molar-refractivity contribution in [1.82, 2.24) is 16.0 Å². The molecule has 5 unspecified atom stereocenters. The molecule has 0 aromatic carbocycles. The second-order valence-electron chi connectivity index (χ2n) is 6.65. The van der Waals surface area contributed by atoms with Crippen LogP contribution in [0.5, 0.6) is 0 Å². The number of fused-ring (bicyclic) bond motifs is 1. The third-order valence-corrected chi connectivity index (χ3v) is 6.89. The molecule has 2 saturated heterocycles. The van der Waals surface area contributed by atoms with Gasteiger partial charge in [-0.15, -0.1) is 0 Å². The van der Waals surface area contributed by atoms with Gasteiger partial charge in [-0.2, -0.15) is 11.8 Å². The highest BCUT2D eigenvalue weighted by atomic mass is 32.2. The van der Waals surface area contributed by atoms with Crippen molar-refractivity contribution >= 4 is 31.5 Å². The Hall–Kier alpha value is -0.880. The fourth-order valence-electron chi connectivity index (χ4n) is 2.98. The smallest absolute Gasteiger partial charge is 0.394 e. The molecule has 2 aliphatic heterocycles. The second kappa shape index (κ2) is 11.3. The topological polar surface area (TPSA) is 166 Å². The number of hydrogen-bond donors (Lipinski definition) is 6. The summed E-state index contributed by atoms with van der Waals surface area (Å²) < 4.78 is 20.6. The van der Waals surface area contributed by atoms with Crippen LogP contribution in [0.4, 0.5) is 4.79 Å². The predicted molar refractivity (Wildman–Crippen MR) is 102 cm³/mol. The van der Waals surface area contributed by atoms with Gasteiger partial charge in [-0.25, -0.2) is 9.36 Å². The number of carbonyl (C=O) groups is 2. The van der Waals surface area contributed by atoms with E-state index in [-0.39, 0.29) is 37.2 Å². The minimum absolute atomic E-state index is 0.0508. The highest BCUT2D eigenvalue weighted by molar-refractivity contribution is 8.00. The molecule has 0 spiro atoms. The zero-order chi connectivity index (χ0) is 20.6. The van der Waals surface area contributed by atoms with E-state index in [1.807, 2.05) is 11.8 Å². The number of phosphoric ester groups is 1. The first-order chi connectivity index (χ1) is 13.3. The average Bonchev–Trinajstić information content (AvgIpc) is 3.20. The maximum absolute atomic E-state index is 11.8. The summed E-state index contributed by atoms with van der Waals surface area (Å²) in [6.45, 7) is -1.29. The third-order valence-electron chi connectivity index (χ3n) is 4.40. The van der Waals surface area contributed by atoms with E-state index in [1.165, 1.54) is 0 Å². The first-order valence-electron chi connectivity index (χ1n) is 9.17. The molecule has 11 nitrogen and oxygen atoms in total. The van der Waals surface area contributed by atoms with Gasteiger partial charge < -0.3 is 31.1 Å². The van der Waals surface area contributed by atoms with Gasteiger partial charge in [-0.1, -0.05) is 6.42 Å². The van der Waals surface area contributed by atoms with Crippen molar-refractivity contribution in [3.8, 4) is 0 Å². The number of phosphoric acid groups is 1. The number of unbranched alkanes of at least 4 members (excludes halogenated alkanes) is 1. The molecule has 2 heterocycles. The number of aliphatic hydroxyl groups excluding tert-OH is 2. The molecule has 2 fully saturated rings. The van der Waals surface area contributed by atoms with E-state index >= 15 is 0 Å². The quantitative estimate of drug-likeness (QED) is 0.123. The fourth-order valence-corrected chi connectivity index (χ4v) is 5.28. The Morgan fingerprint density at radius 2 is 2.14 bits per heavy atom. The Balaban J connectivity index is 1.49. The van der Waals surface area contributed by atoms with Gasteiger partial charge >= 0.3 is 13.9 Å². The van der Waals surface area contributed by atoms with Gasteiger partial charge in [-0.05, 0) is 12.8 Å². The van der Waals surface area contributed by atoms with Crippen molar-refractivity contribution in [3.63, 3.8) is 0 Å². The first kappa shape index (κ1) is 23.4. The van der Waals surface area contributed by atoms with Crippen LogP contribution in [0.2, 0.25) is 0 Å². The van der Waals surface area contributed by atoms with Crippen LogP contribution in [0.1, 0.15) is 25.7 Å². The van der Waals surface area contributed by atoms with Gasteiger partial charge in [0, 0.05) is 24.0 Å². The Kier molecular flexibility index (Phi) is 9.48. The van der Waals surface area contributed by atoms with E-state index < -0.39 is 27.1 Å². The second-order valence-corrected chi connectivity index (χ2v) is 9.38. The van der Waals surface area contributed by atoms with Crippen molar-refractivity contribution < 1.29 is 38.3 Å². The molecule has 3 amide bonds. The Bertz CT molecular complexity index is 583. The van der Waals surface area contributed by atoms with Crippen LogP contribution in [-0.2, 0) is 18.4 Å². The van der Waals surface area contributed by atoms with Crippen LogP contribution in [-0.4, -0.2) is 82.6 Å². The van der Waals surface area contributed by atoms with Crippen LogP contribution in [0.25, 0.3) is 0 Å². The number of amides is 3. The molecule has 2 rings (SSSR count). The van der Waals surface area contributed by atoms with Crippen LogP contribution in [0.3, 0.4) is 0 Å². The van der Waals surface area contributed by atoms with Gasteiger partial charge in [0.15, 0.2) is 0 Å². The molecule has 6 N–H and O–H groups in total. The molecule has 5 atom stereocenters. The summed E-state index contributed by atoms with van der Waals surface area (Å²) in [7, 11) is -4.33. The number of nitrogens with one attached hydrogen (secondary N) is 3. The minimum Gasteiger partial charge on any atom is -0.394 e. The lowest BCUT2D eigenvalue weighted by atomic mass is 10.0. The molecule has 0 saturated carbocycles. The van der Waals surface area contributed by atoms with Crippen molar-refractivity contribution in [1.29, 1.82) is 0 Å². The van der Waals surface area contributed by atoms with Crippen molar-refractivity contribution in [3.05, 3.63) is 0 Å². The maximum Gasteiger partial charge on any atom is 0.472 e. The van der Waals surface area contributed by atoms with Gasteiger partial charge in [0.1, 0.15) is 6.10 Å². The van der Waals surface area contributed by atoms with Crippen molar-refractivity contribution in [2.75, 3.05) is 32.1 Å². The van der Waals surface area contributed by atoms with Crippen LogP contribution < -0.4 is 16.0 Å². The Morgan fingerprint density at radius 3 is 2.89 bits per heavy atom. The average molecular weight is 441 g/mol. The van der Waals surface area contributed by atoms with E-state index in [4.69, 9.17) is 10.2 Å². The molecule has 2 aliphatic rings. The standard InChI is InChI=1S/C15H28N3O8PS/c19-7-10(20)8-26-27(23,24)25-6-5-16-13(21)4-2-1-3-12-14-11(9-28-12)17-15(22)18-14/h10-12,14,19-20H,1-9H2,(H,16,21)(H,23,24)(H2,17,18,22). The number of aliphatic hydroxyl groups is 2. The molecule has 0 aromatic heterocycles. The zero-order valence-corrected chi connectivity index (χ0v) is 17.1. The number of hydrogen-bond acceptors (Lipinski definition) is 8. The highest BCUT2D eigenvalue weighted by Gasteiger charge is 2.42. The SMILES string of the molecule is O=C(CCCCC1SCC2NC(=O)NC21)NCCOP(=O)(O)OCC(O)CO. The molecule has 0 bridgehead atoms. The van der Waals surface area contributed by atoms with E-state index in [9.17, 15) is 19.0 Å². The number of rotatable bonds is 13. The Labute approximate surface area is 167 Å². The number of urea groups is 1. The molecule has 162 valence electrons. The van der Waals surface area contributed by atoms with Crippen molar-refractivity contribution in [2.24, 2.45) is 0 Å². The molecule has 0 radical (unpaired) electrons. The molecule has 13 heteroatoms. The monoisotopic (exact) mass is 441 g/mol. The first-order valence-corrected chi connectivity index (χ1v) is 11.7. The molecular weight excluding hydrogens is 413 g/mol. The summed E-state index contributed by atoms with van der Waals surface area (Å²) in [5, 5.41) is 26.4. The lowest BCUT2D eigenvalue weighted by Gasteiger charge is -2.16. The van der Waals surface area contributed by atoms with Gasteiger partial charge in [0.2, 0.25) is 5.91 Å². The predicted octanol–water partition coefficient (Wildman–Crippen LogP) is -0.685. The van der Waals surface area contributed by atoms with E-state index in [1.54, 1.807) is 0 Å². The third kappa shape index (κ3) is 7.86. The summed E-state index contributed by atoms with van der Waals surface area (Å²) in [5.41, 5.74) is 0. The van der Waals surface area contributed by atoms with Gasteiger partial charge in [-0.3, -0.25) is 13.8 Å². The molecular formula is C15H28N3O8PS. The summed E-state index contributed by atoms with van der Waals surface area (Å²) in [6.07, 6.45) is 1.58. The lowest BCUT2D eigenvalue weighted by Crippen LogP contribution is -2.36. The van der Waals surface area contributed by atoms with Gasteiger partial charge in [0.25, 0.3) is 0 Å². The number of carbonyl (C=O) groups excluding carboxylic acids is 2. The molecule has 0 aromatic rings. The van der Waals surface area contributed by atoms with E-state index in [2.05, 4.69) is 25.0 Å². The maximum atomic E-state index is 11.8. The van der Waals surface area contributed by atoms with Crippen molar-refractivity contribution in [2.45, 2.75) is 49.1 Å².